The van der Waals surface area contributed by atoms with Crippen molar-refractivity contribution in [1.82, 2.24) is 15.0 Å². The smallest absolute Gasteiger partial charge is 0.378 e. The Bertz CT molecular complexity index is 1320. The topological polar surface area (TPSA) is 91.8 Å². The van der Waals surface area contributed by atoms with Gasteiger partial charge in [0.15, 0.2) is 0 Å². The predicted molar refractivity (Wildman–Crippen MR) is 128 cm³/mol. The molecular formula is C24H18ClF3N6O. The van der Waals surface area contributed by atoms with E-state index < -0.39 is 17.6 Å². The molecule has 2 heterocycles. The molecular weight excluding hydrogens is 481 g/mol. The van der Waals surface area contributed by atoms with Crippen molar-refractivity contribution in [3.8, 4) is 0 Å². The third-order valence-corrected chi connectivity index (χ3v) is 5.18. The number of rotatable bonds is 7. The van der Waals surface area contributed by atoms with E-state index in [0.717, 1.165) is 17.8 Å². The summed E-state index contributed by atoms with van der Waals surface area (Å²) in [5, 5.41) is 9.22. The summed E-state index contributed by atoms with van der Waals surface area (Å²) in [4.78, 5) is 25.0. The van der Waals surface area contributed by atoms with E-state index in [0.29, 0.717) is 34.5 Å². The molecule has 4 rings (SSSR count). The molecule has 0 aliphatic carbocycles. The maximum Gasteiger partial charge on any atom is 0.416 e. The number of hydrogen-bond donors (Lipinski definition) is 3. The van der Waals surface area contributed by atoms with Gasteiger partial charge in [-0.05, 0) is 54.1 Å². The van der Waals surface area contributed by atoms with Crippen molar-refractivity contribution in [3.63, 3.8) is 0 Å². The molecule has 178 valence electrons. The molecule has 0 aliphatic rings. The van der Waals surface area contributed by atoms with Crippen LogP contribution < -0.4 is 16.0 Å². The Hall–Kier alpha value is -4.18. The number of benzene rings is 2. The normalized spacial score (nSPS) is 11.1. The highest BCUT2D eigenvalue weighted by Crippen LogP contribution is 2.30. The molecule has 7 nitrogen and oxygen atoms in total. The Morgan fingerprint density at radius 3 is 2.43 bits per heavy atom. The molecule has 3 N–H and O–H groups in total. The Morgan fingerprint density at radius 2 is 1.71 bits per heavy atom. The average molecular weight is 499 g/mol. The number of anilines is 4. The van der Waals surface area contributed by atoms with Gasteiger partial charge in [-0.3, -0.25) is 9.78 Å². The molecule has 0 aliphatic heterocycles. The lowest BCUT2D eigenvalue weighted by molar-refractivity contribution is -0.137. The highest BCUT2D eigenvalue weighted by Gasteiger charge is 2.30. The number of pyridine rings is 1. The van der Waals surface area contributed by atoms with Gasteiger partial charge in [-0.2, -0.15) is 13.2 Å². The van der Waals surface area contributed by atoms with Gasteiger partial charge in [0.2, 0.25) is 5.95 Å². The second-order valence-electron chi connectivity index (χ2n) is 7.35. The van der Waals surface area contributed by atoms with E-state index in [1.54, 1.807) is 49.1 Å². The molecule has 1 amide bonds. The molecule has 2 aromatic heterocycles. The highest BCUT2D eigenvalue weighted by molar-refractivity contribution is 6.31. The Morgan fingerprint density at radius 1 is 0.914 bits per heavy atom. The molecule has 0 atom stereocenters. The molecule has 4 aromatic rings. The number of halogens is 4. The van der Waals surface area contributed by atoms with Crippen LogP contribution in [-0.4, -0.2) is 20.9 Å². The van der Waals surface area contributed by atoms with Crippen LogP contribution in [0.15, 0.2) is 79.4 Å². The minimum Gasteiger partial charge on any atom is -0.378 e. The summed E-state index contributed by atoms with van der Waals surface area (Å²) in [6, 6.07) is 12.7. The van der Waals surface area contributed by atoms with Crippen LogP contribution in [0.2, 0.25) is 5.02 Å². The number of hydrogen-bond acceptors (Lipinski definition) is 6. The third kappa shape index (κ3) is 6.45. The van der Waals surface area contributed by atoms with Crippen LogP contribution in [0.1, 0.15) is 21.5 Å². The number of amides is 1. The minimum atomic E-state index is -4.54. The second-order valence-corrected chi connectivity index (χ2v) is 7.76. The van der Waals surface area contributed by atoms with Crippen LogP contribution in [0.3, 0.4) is 0 Å². The van der Waals surface area contributed by atoms with Crippen molar-refractivity contribution < 1.29 is 18.0 Å². The summed E-state index contributed by atoms with van der Waals surface area (Å²) < 4.78 is 38.8. The van der Waals surface area contributed by atoms with Crippen LogP contribution in [0.5, 0.6) is 0 Å². The van der Waals surface area contributed by atoms with E-state index >= 15 is 0 Å². The van der Waals surface area contributed by atoms with Gasteiger partial charge < -0.3 is 16.0 Å². The molecule has 0 saturated heterocycles. The summed E-state index contributed by atoms with van der Waals surface area (Å²) in [5.74, 6) is -0.261. The quantitative estimate of drug-likeness (QED) is 0.283. The first-order chi connectivity index (χ1) is 16.8. The summed E-state index contributed by atoms with van der Waals surface area (Å²) in [7, 11) is 0. The van der Waals surface area contributed by atoms with E-state index in [-0.39, 0.29) is 5.56 Å². The zero-order valence-electron chi connectivity index (χ0n) is 18.0. The minimum absolute atomic E-state index is 0.105. The second kappa shape index (κ2) is 10.4. The van der Waals surface area contributed by atoms with Gasteiger partial charge in [0.05, 0.1) is 35.5 Å². The van der Waals surface area contributed by atoms with E-state index in [1.807, 2.05) is 6.07 Å². The average Bonchev–Trinajstić information content (AvgIpc) is 2.85. The molecule has 0 bridgehead atoms. The zero-order chi connectivity index (χ0) is 24.8. The zero-order valence-corrected chi connectivity index (χ0v) is 18.7. The summed E-state index contributed by atoms with van der Waals surface area (Å²) in [6.45, 7) is 0.296. The van der Waals surface area contributed by atoms with Gasteiger partial charge in [-0.1, -0.05) is 17.7 Å². The number of aromatic nitrogens is 3. The summed E-state index contributed by atoms with van der Waals surface area (Å²) >= 11 is 6.28. The van der Waals surface area contributed by atoms with E-state index in [2.05, 4.69) is 30.9 Å². The van der Waals surface area contributed by atoms with Crippen molar-refractivity contribution in [3.05, 3.63) is 101 Å². The van der Waals surface area contributed by atoms with Crippen molar-refractivity contribution >= 4 is 40.5 Å². The molecule has 2 aromatic carbocycles. The predicted octanol–water partition coefficient (Wildman–Crippen LogP) is 6.15. The molecule has 0 spiro atoms. The first-order valence-corrected chi connectivity index (χ1v) is 10.7. The Labute approximate surface area is 203 Å². The maximum absolute atomic E-state index is 12.9. The molecule has 11 heteroatoms. The van der Waals surface area contributed by atoms with Crippen molar-refractivity contribution in [2.75, 3.05) is 16.0 Å². The molecule has 0 radical (unpaired) electrons. The fraction of sp³-hybridized carbons (Fsp3) is 0.0833. The molecule has 35 heavy (non-hydrogen) atoms. The van der Waals surface area contributed by atoms with Gasteiger partial charge in [0, 0.05) is 29.0 Å². The number of carbonyl (C=O) groups is 1. The Kier molecular flexibility index (Phi) is 7.11. The SMILES string of the molecule is O=C(Nc1ccc(Cl)c(CNc2cnc(Nc3cccnc3)nc2)c1)c1cccc(C(F)(F)F)c1. The van der Waals surface area contributed by atoms with Crippen LogP contribution in [0.25, 0.3) is 0 Å². The largest absolute Gasteiger partial charge is 0.416 e. The van der Waals surface area contributed by atoms with Gasteiger partial charge in [0.25, 0.3) is 5.91 Å². The van der Waals surface area contributed by atoms with Crippen molar-refractivity contribution in [2.45, 2.75) is 12.7 Å². The van der Waals surface area contributed by atoms with Gasteiger partial charge in [-0.15, -0.1) is 0 Å². The lowest BCUT2D eigenvalue weighted by Crippen LogP contribution is -2.14. The van der Waals surface area contributed by atoms with E-state index in [9.17, 15) is 18.0 Å². The Balaban J connectivity index is 1.39. The summed E-state index contributed by atoms with van der Waals surface area (Å²) in [6.07, 6.45) is 1.97. The fourth-order valence-electron chi connectivity index (χ4n) is 3.07. The molecule has 0 saturated carbocycles. The number of carbonyl (C=O) groups excluding carboxylic acids is 1. The van der Waals surface area contributed by atoms with Crippen LogP contribution in [-0.2, 0) is 12.7 Å². The van der Waals surface area contributed by atoms with Gasteiger partial charge in [-0.25, -0.2) is 9.97 Å². The number of alkyl halides is 3. The fourth-order valence-corrected chi connectivity index (χ4v) is 3.26. The number of nitrogens with zero attached hydrogens (tertiary/aromatic N) is 3. The van der Waals surface area contributed by atoms with Crippen LogP contribution in [0.4, 0.5) is 36.2 Å². The molecule has 0 unspecified atom stereocenters. The van der Waals surface area contributed by atoms with E-state index in [1.165, 1.54) is 12.1 Å². The standard InChI is InChI=1S/C24H18ClF3N6O/c25-21-7-6-18(33-22(35)15-3-1-4-17(9-15)24(26,27)28)10-16(21)11-30-20-13-31-23(32-14-20)34-19-5-2-8-29-12-19/h1-10,12-14,30H,11H2,(H,33,35)(H,31,32,34). The lowest BCUT2D eigenvalue weighted by Gasteiger charge is -2.12. The summed E-state index contributed by atoms with van der Waals surface area (Å²) in [5.41, 5.74) is 1.44. The molecule has 0 fully saturated rings. The van der Waals surface area contributed by atoms with E-state index in [4.69, 9.17) is 11.6 Å². The van der Waals surface area contributed by atoms with Gasteiger partial charge in [0.1, 0.15) is 0 Å². The van der Waals surface area contributed by atoms with Crippen molar-refractivity contribution in [2.24, 2.45) is 0 Å². The monoisotopic (exact) mass is 498 g/mol. The van der Waals surface area contributed by atoms with Crippen LogP contribution in [0, 0.1) is 0 Å². The van der Waals surface area contributed by atoms with Crippen molar-refractivity contribution in [1.29, 1.82) is 0 Å². The first kappa shape index (κ1) is 24.0. The third-order valence-electron chi connectivity index (χ3n) is 4.81. The lowest BCUT2D eigenvalue weighted by atomic mass is 10.1. The maximum atomic E-state index is 12.9. The first-order valence-electron chi connectivity index (χ1n) is 10.3. The van der Waals surface area contributed by atoms with Crippen LogP contribution >= 0.6 is 11.6 Å². The highest BCUT2D eigenvalue weighted by atomic mass is 35.5. The number of nitrogens with one attached hydrogen (secondary N) is 3. The van der Waals surface area contributed by atoms with Gasteiger partial charge >= 0.3 is 6.18 Å².